The molecule has 4 aromatic carbocycles. The molecule has 1 heterocycles. The third-order valence-electron chi connectivity index (χ3n) is 9.18. The zero-order chi connectivity index (χ0) is 35.9. The molecule has 6 nitrogen and oxygen atoms in total. The Labute approximate surface area is 302 Å². The van der Waals surface area contributed by atoms with Gasteiger partial charge in [0, 0.05) is 46.6 Å². The first-order chi connectivity index (χ1) is 24.0. The molecule has 6 rings (SSSR count). The number of aliphatic hydroxyl groups excluding tert-OH is 2. The van der Waals surface area contributed by atoms with Gasteiger partial charge in [-0.05, 0) is 92.4 Å². The second kappa shape index (κ2) is 16.8. The maximum Gasteiger partial charge on any atom is 0.305 e. The SMILES string of the molecule is CC(C)n1c(/C=C/[C@@H](O)C[C@@H](O)CC(=O)O)c(-c2ccc(F)cc2)c2ccccc21.CN[C@H]1CC[C@@H](c2ccc(Cl)c(Cl)c2)c2ccccc21. The minimum atomic E-state index is -1.13. The molecule has 4 N–H and O–H groups in total. The molecule has 9 heteroatoms. The van der Waals surface area contributed by atoms with Gasteiger partial charge in [-0.15, -0.1) is 0 Å². The number of aliphatic hydroxyl groups is 2. The molecule has 1 aliphatic carbocycles. The fourth-order valence-corrected chi connectivity index (χ4v) is 7.24. The topological polar surface area (TPSA) is 94.7 Å². The van der Waals surface area contributed by atoms with Crippen LogP contribution in [0.25, 0.3) is 28.1 Å². The summed E-state index contributed by atoms with van der Waals surface area (Å²) in [6.45, 7) is 4.12. The van der Waals surface area contributed by atoms with Gasteiger partial charge in [0.2, 0.25) is 0 Å². The van der Waals surface area contributed by atoms with E-state index in [0.29, 0.717) is 22.0 Å². The number of benzene rings is 4. The number of hydrogen-bond acceptors (Lipinski definition) is 4. The molecule has 0 spiro atoms. The van der Waals surface area contributed by atoms with E-state index in [1.54, 1.807) is 24.3 Å². The third kappa shape index (κ3) is 8.66. The van der Waals surface area contributed by atoms with Crippen LogP contribution in [0.1, 0.15) is 79.9 Å². The zero-order valence-electron chi connectivity index (χ0n) is 28.4. The number of carboxylic acids is 1. The minimum Gasteiger partial charge on any atom is -0.481 e. The Morgan fingerprint density at radius 1 is 0.940 bits per heavy atom. The lowest BCUT2D eigenvalue weighted by atomic mass is 9.77. The molecule has 4 atom stereocenters. The summed E-state index contributed by atoms with van der Waals surface area (Å²) in [5.74, 6) is -1.02. The van der Waals surface area contributed by atoms with Crippen molar-refractivity contribution >= 4 is 46.2 Å². The Balaban J connectivity index is 0.000000210. The number of nitrogens with one attached hydrogen (secondary N) is 1. The number of rotatable bonds is 10. The lowest BCUT2D eigenvalue weighted by Crippen LogP contribution is -2.24. The van der Waals surface area contributed by atoms with Crippen molar-refractivity contribution in [3.63, 3.8) is 0 Å². The highest BCUT2D eigenvalue weighted by molar-refractivity contribution is 6.42. The van der Waals surface area contributed by atoms with E-state index < -0.39 is 24.6 Å². The van der Waals surface area contributed by atoms with Gasteiger partial charge < -0.3 is 25.2 Å². The number of halogens is 3. The summed E-state index contributed by atoms with van der Waals surface area (Å²) < 4.78 is 15.6. The first-order valence-electron chi connectivity index (χ1n) is 16.8. The van der Waals surface area contributed by atoms with Crippen LogP contribution >= 0.6 is 23.2 Å². The van der Waals surface area contributed by atoms with Crippen molar-refractivity contribution in [3.05, 3.63) is 135 Å². The minimum absolute atomic E-state index is 0.0728. The molecule has 0 amide bonds. The van der Waals surface area contributed by atoms with E-state index in [0.717, 1.165) is 40.6 Å². The van der Waals surface area contributed by atoms with Crippen LogP contribution < -0.4 is 5.32 Å². The van der Waals surface area contributed by atoms with Gasteiger partial charge in [-0.2, -0.15) is 0 Å². The zero-order valence-corrected chi connectivity index (χ0v) is 29.9. The van der Waals surface area contributed by atoms with Crippen LogP contribution in [-0.4, -0.2) is 45.1 Å². The summed E-state index contributed by atoms with van der Waals surface area (Å²) in [5.41, 5.74) is 7.70. The van der Waals surface area contributed by atoms with Crippen LogP contribution in [0.2, 0.25) is 10.0 Å². The van der Waals surface area contributed by atoms with Gasteiger partial charge in [0.05, 0.1) is 28.7 Å². The van der Waals surface area contributed by atoms with Crippen molar-refractivity contribution in [1.29, 1.82) is 0 Å². The second-order valence-corrected chi connectivity index (χ2v) is 13.7. The summed E-state index contributed by atoms with van der Waals surface area (Å²) in [7, 11) is 2.03. The molecule has 50 heavy (non-hydrogen) atoms. The Hall–Kier alpha value is -3.98. The predicted molar refractivity (Wildman–Crippen MR) is 201 cm³/mol. The molecule has 0 saturated carbocycles. The molecular formula is C41H43Cl2FN2O4. The van der Waals surface area contributed by atoms with Crippen molar-refractivity contribution in [1.82, 2.24) is 9.88 Å². The van der Waals surface area contributed by atoms with Gasteiger partial charge in [0.25, 0.3) is 0 Å². The number of carboxylic acid groups (broad SMARTS) is 1. The van der Waals surface area contributed by atoms with Gasteiger partial charge >= 0.3 is 5.97 Å². The lowest BCUT2D eigenvalue weighted by Gasteiger charge is -2.32. The average molecular weight is 718 g/mol. The first kappa shape index (κ1) is 37.3. The first-order valence-corrected chi connectivity index (χ1v) is 17.6. The third-order valence-corrected chi connectivity index (χ3v) is 9.92. The molecule has 0 bridgehead atoms. The van der Waals surface area contributed by atoms with Crippen LogP contribution in [0.15, 0.2) is 97.1 Å². The van der Waals surface area contributed by atoms with Gasteiger partial charge in [-0.3, -0.25) is 4.79 Å². The molecule has 0 saturated heterocycles. The van der Waals surface area contributed by atoms with Crippen LogP contribution in [0.3, 0.4) is 0 Å². The number of nitrogens with zero attached hydrogens (tertiary/aromatic N) is 1. The van der Waals surface area contributed by atoms with E-state index in [2.05, 4.69) is 54.1 Å². The number of para-hydroxylation sites is 1. The van der Waals surface area contributed by atoms with E-state index in [-0.39, 0.29) is 18.3 Å². The molecule has 262 valence electrons. The molecular weight excluding hydrogens is 674 g/mol. The van der Waals surface area contributed by atoms with Crippen LogP contribution in [0, 0.1) is 5.82 Å². The van der Waals surface area contributed by atoms with Crippen molar-refractivity contribution in [2.24, 2.45) is 0 Å². The van der Waals surface area contributed by atoms with E-state index >= 15 is 0 Å². The number of aromatic nitrogens is 1. The Bertz CT molecular complexity index is 1960. The number of carbonyl (C=O) groups is 1. The van der Waals surface area contributed by atoms with Gasteiger partial charge in [0.15, 0.2) is 0 Å². The van der Waals surface area contributed by atoms with Crippen LogP contribution in [0.4, 0.5) is 4.39 Å². The maximum absolute atomic E-state index is 13.5. The summed E-state index contributed by atoms with van der Waals surface area (Å²) in [4.78, 5) is 10.7. The van der Waals surface area contributed by atoms with E-state index in [4.69, 9.17) is 28.3 Å². The van der Waals surface area contributed by atoms with Gasteiger partial charge in [0.1, 0.15) is 5.82 Å². The van der Waals surface area contributed by atoms with Gasteiger partial charge in [-0.1, -0.05) is 89.9 Å². The number of fused-ring (bicyclic) bond motifs is 2. The van der Waals surface area contributed by atoms with Gasteiger partial charge in [-0.25, -0.2) is 4.39 Å². The summed E-state index contributed by atoms with van der Waals surface area (Å²) in [6, 6.07) is 29.5. The molecule has 0 aliphatic heterocycles. The largest absolute Gasteiger partial charge is 0.481 e. The van der Waals surface area contributed by atoms with Crippen molar-refractivity contribution in [2.45, 2.75) is 69.7 Å². The Morgan fingerprint density at radius 2 is 1.62 bits per heavy atom. The highest BCUT2D eigenvalue weighted by atomic mass is 35.5. The fourth-order valence-electron chi connectivity index (χ4n) is 6.93. The number of aliphatic carboxylic acids is 1. The average Bonchev–Trinajstić information content (AvgIpc) is 3.43. The Kier molecular flexibility index (Phi) is 12.5. The van der Waals surface area contributed by atoms with Crippen molar-refractivity contribution in [3.8, 4) is 11.1 Å². The summed E-state index contributed by atoms with van der Waals surface area (Å²) >= 11 is 12.2. The van der Waals surface area contributed by atoms with Crippen molar-refractivity contribution in [2.75, 3.05) is 7.05 Å². The van der Waals surface area contributed by atoms with Crippen molar-refractivity contribution < 1.29 is 24.5 Å². The summed E-state index contributed by atoms with van der Waals surface area (Å²) in [5, 5.41) is 34.5. The molecule has 5 aromatic rings. The monoisotopic (exact) mass is 716 g/mol. The standard InChI is InChI=1S/C24H26FNO4.C17H17Cl2N/c1-15(2)26-21-6-4-3-5-20(21)24(16-7-9-17(25)10-8-16)22(26)12-11-18(27)13-19(28)14-23(29)30;1-20-17-9-7-12(13-4-2-3-5-14(13)17)11-6-8-15(18)16(19)10-11/h3-12,15,18-19,27-28H,13-14H2,1-2H3,(H,29,30);2-6,8,10,12,17,20H,7,9H2,1H3/b12-11+;/t18-,19-;12-,17-/m10/s1. The van der Waals surface area contributed by atoms with Crippen LogP contribution in [-0.2, 0) is 4.79 Å². The fraction of sp³-hybridized carbons (Fsp3) is 0.293. The molecule has 0 radical (unpaired) electrons. The molecule has 0 fully saturated rings. The molecule has 1 aromatic heterocycles. The Morgan fingerprint density at radius 3 is 2.28 bits per heavy atom. The maximum atomic E-state index is 13.5. The van der Waals surface area contributed by atoms with E-state index in [1.165, 1.54) is 28.8 Å². The van der Waals surface area contributed by atoms with E-state index in [9.17, 15) is 19.4 Å². The molecule has 1 aliphatic rings. The number of hydrogen-bond donors (Lipinski definition) is 4. The molecule has 0 unspecified atom stereocenters. The normalized spacial score (nSPS) is 17.0. The highest BCUT2D eigenvalue weighted by Gasteiger charge is 2.27. The predicted octanol–water partition coefficient (Wildman–Crippen LogP) is 9.81. The summed E-state index contributed by atoms with van der Waals surface area (Å²) in [6.07, 6.45) is 2.99. The second-order valence-electron chi connectivity index (χ2n) is 12.9. The smallest absolute Gasteiger partial charge is 0.305 e. The quantitative estimate of drug-likeness (QED) is 0.115. The lowest BCUT2D eigenvalue weighted by molar-refractivity contribution is -0.139. The highest BCUT2D eigenvalue weighted by Crippen LogP contribution is 2.42. The van der Waals surface area contributed by atoms with E-state index in [1.807, 2.05) is 43.4 Å². The van der Waals surface area contributed by atoms with Crippen LogP contribution in [0.5, 0.6) is 0 Å².